The Labute approximate surface area is 102 Å². The summed E-state index contributed by atoms with van der Waals surface area (Å²) in [6.07, 6.45) is 3.57. The Morgan fingerprint density at radius 3 is 3.19 bits per heavy atom. The molecule has 0 bridgehead atoms. The van der Waals surface area contributed by atoms with Crippen molar-refractivity contribution < 1.29 is 4.74 Å². The number of rotatable bonds is 6. The van der Waals surface area contributed by atoms with E-state index in [0.29, 0.717) is 12.0 Å². The highest BCUT2D eigenvalue weighted by atomic mass is 32.1. The van der Waals surface area contributed by atoms with Crippen LogP contribution < -0.4 is 5.32 Å². The Balaban J connectivity index is 1.90. The van der Waals surface area contributed by atoms with Crippen molar-refractivity contribution in [2.45, 2.75) is 32.2 Å². The molecule has 2 nitrogen and oxygen atoms in total. The van der Waals surface area contributed by atoms with E-state index in [9.17, 15) is 0 Å². The van der Waals surface area contributed by atoms with Gasteiger partial charge in [0.1, 0.15) is 0 Å². The van der Waals surface area contributed by atoms with Crippen molar-refractivity contribution >= 4 is 11.3 Å². The Morgan fingerprint density at radius 1 is 1.62 bits per heavy atom. The molecule has 1 aromatic heterocycles. The molecule has 0 aromatic carbocycles. The van der Waals surface area contributed by atoms with Gasteiger partial charge in [0.15, 0.2) is 0 Å². The van der Waals surface area contributed by atoms with Gasteiger partial charge in [0.2, 0.25) is 0 Å². The van der Waals surface area contributed by atoms with Crippen molar-refractivity contribution in [3.8, 4) is 0 Å². The van der Waals surface area contributed by atoms with Crippen molar-refractivity contribution in [1.29, 1.82) is 0 Å². The van der Waals surface area contributed by atoms with Crippen LogP contribution in [0.4, 0.5) is 0 Å². The fraction of sp³-hybridized carbons (Fsp3) is 0.692. The van der Waals surface area contributed by atoms with E-state index in [-0.39, 0.29) is 0 Å². The highest BCUT2D eigenvalue weighted by molar-refractivity contribution is 7.07. The molecule has 16 heavy (non-hydrogen) atoms. The highest BCUT2D eigenvalue weighted by Gasteiger charge is 2.25. The van der Waals surface area contributed by atoms with E-state index in [1.165, 1.54) is 18.4 Å². The fourth-order valence-corrected chi connectivity index (χ4v) is 2.95. The van der Waals surface area contributed by atoms with Crippen LogP contribution in [-0.2, 0) is 11.2 Å². The van der Waals surface area contributed by atoms with Crippen LogP contribution in [0.15, 0.2) is 16.8 Å². The van der Waals surface area contributed by atoms with Gasteiger partial charge in [-0.25, -0.2) is 0 Å². The molecule has 2 rings (SSSR count). The number of hydrogen-bond acceptors (Lipinski definition) is 3. The first-order valence-corrected chi connectivity index (χ1v) is 7.16. The van der Waals surface area contributed by atoms with Crippen molar-refractivity contribution in [3.05, 3.63) is 22.4 Å². The summed E-state index contributed by atoms with van der Waals surface area (Å²) in [5.41, 5.74) is 1.46. The summed E-state index contributed by atoms with van der Waals surface area (Å²) in [6.45, 7) is 5.22. The predicted molar refractivity (Wildman–Crippen MR) is 69.0 cm³/mol. The third-order valence-corrected chi connectivity index (χ3v) is 3.96. The van der Waals surface area contributed by atoms with Gasteiger partial charge >= 0.3 is 0 Å². The Morgan fingerprint density at radius 2 is 2.56 bits per heavy atom. The van der Waals surface area contributed by atoms with E-state index >= 15 is 0 Å². The largest absolute Gasteiger partial charge is 0.381 e. The number of hydrogen-bond donors (Lipinski definition) is 1. The third kappa shape index (κ3) is 3.30. The van der Waals surface area contributed by atoms with E-state index in [1.54, 1.807) is 11.3 Å². The lowest BCUT2D eigenvalue weighted by Crippen LogP contribution is -2.38. The summed E-state index contributed by atoms with van der Waals surface area (Å²) in [4.78, 5) is 0. The zero-order chi connectivity index (χ0) is 11.2. The van der Waals surface area contributed by atoms with Crippen LogP contribution in [0.5, 0.6) is 0 Å². The maximum atomic E-state index is 5.50. The summed E-state index contributed by atoms with van der Waals surface area (Å²) < 4.78 is 5.50. The van der Waals surface area contributed by atoms with Crippen molar-refractivity contribution in [3.63, 3.8) is 0 Å². The topological polar surface area (TPSA) is 21.3 Å². The first kappa shape index (κ1) is 12.1. The first-order chi connectivity index (χ1) is 7.90. The second kappa shape index (κ2) is 6.38. The minimum absolute atomic E-state index is 0.594. The molecule has 1 saturated heterocycles. The number of ether oxygens (including phenoxy) is 1. The maximum Gasteiger partial charge on any atom is 0.0510 e. The van der Waals surface area contributed by atoms with Gasteiger partial charge in [0, 0.05) is 18.6 Å². The van der Waals surface area contributed by atoms with Gasteiger partial charge in [-0.15, -0.1) is 0 Å². The van der Waals surface area contributed by atoms with Crippen molar-refractivity contribution in [2.75, 3.05) is 19.8 Å². The molecule has 2 unspecified atom stereocenters. The lowest BCUT2D eigenvalue weighted by molar-refractivity contribution is 0.176. The molecule has 1 fully saturated rings. The summed E-state index contributed by atoms with van der Waals surface area (Å²) in [7, 11) is 0. The molecule has 0 amide bonds. The van der Waals surface area contributed by atoms with Crippen molar-refractivity contribution in [2.24, 2.45) is 5.92 Å². The molecular formula is C13H21NOS. The zero-order valence-electron chi connectivity index (χ0n) is 9.95. The minimum atomic E-state index is 0.594. The fourth-order valence-electron chi connectivity index (χ4n) is 2.27. The van der Waals surface area contributed by atoms with Crippen LogP contribution in [0.25, 0.3) is 0 Å². The number of thiophene rings is 1. The third-order valence-electron chi connectivity index (χ3n) is 3.23. The van der Waals surface area contributed by atoms with E-state index in [1.807, 2.05) is 0 Å². The standard InChI is InChI=1S/C13H21NOS/c1-2-5-14-13(12-3-6-15-9-12)8-11-4-7-16-10-11/h4,7,10,12-14H,2-3,5-6,8-9H2,1H3. The zero-order valence-corrected chi connectivity index (χ0v) is 10.8. The van der Waals surface area contributed by atoms with E-state index in [2.05, 4.69) is 29.1 Å². The van der Waals surface area contributed by atoms with Gasteiger partial charge in [0.05, 0.1) is 6.61 Å². The SMILES string of the molecule is CCCNC(Cc1ccsc1)C1CCOC1. The molecule has 1 aliphatic rings. The summed E-state index contributed by atoms with van der Waals surface area (Å²) in [5, 5.41) is 8.10. The van der Waals surface area contributed by atoms with Gasteiger partial charge in [-0.1, -0.05) is 6.92 Å². The molecule has 3 heteroatoms. The Bertz CT molecular complexity index is 280. The van der Waals surface area contributed by atoms with Crippen LogP contribution in [0.2, 0.25) is 0 Å². The molecule has 0 radical (unpaired) electrons. The lowest BCUT2D eigenvalue weighted by Gasteiger charge is -2.23. The number of nitrogens with one attached hydrogen (secondary N) is 1. The summed E-state index contributed by atoms with van der Waals surface area (Å²) in [6, 6.07) is 2.83. The molecule has 90 valence electrons. The molecular weight excluding hydrogens is 218 g/mol. The van der Waals surface area contributed by atoms with E-state index < -0.39 is 0 Å². The van der Waals surface area contributed by atoms with Crippen LogP contribution in [0.1, 0.15) is 25.3 Å². The molecule has 2 atom stereocenters. The molecule has 2 heterocycles. The average molecular weight is 239 g/mol. The monoisotopic (exact) mass is 239 g/mol. The van der Waals surface area contributed by atoms with E-state index in [4.69, 9.17) is 4.74 Å². The quantitative estimate of drug-likeness (QED) is 0.824. The minimum Gasteiger partial charge on any atom is -0.381 e. The van der Waals surface area contributed by atoms with Crippen LogP contribution in [0.3, 0.4) is 0 Å². The molecule has 1 aliphatic heterocycles. The smallest absolute Gasteiger partial charge is 0.0510 e. The van der Waals surface area contributed by atoms with Crippen LogP contribution in [-0.4, -0.2) is 25.8 Å². The first-order valence-electron chi connectivity index (χ1n) is 6.22. The molecule has 0 spiro atoms. The van der Waals surface area contributed by atoms with Crippen molar-refractivity contribution in [1.82, 2.24) is 5.32 Å². The Hall–Kier alpha value is -0.380. The average Bonchev–Trinajstić information content (AvgIpc) is 2.96. The lowest BCUT2D eigenvalue weighted by atomic mass is 9.94. The normalized spacial score (nSPS) is 22.4. The van der Waals surface area contributed by atoms with Gasteiger partial charge in [-0.3, -0.25) is 0 Å². The molecule has 1 N–H and O–H groups in total. The van der Waals surface area contributed by atoms with Crippen LogP contribution in [0, 0.1) is 5.92 Å². The summed E-state index contributed by atoms with van der Waals surface area (Å²) >= 11 is 1.79. The second-order valence-electron chi connectivity index (χ2n) is 4.52. The molecule has 0 saturated carbocycles. The maximum absolute atomic E-state index is 5.50. The van der Waals surface area contributed by atoms with Gasteiger partial charge < -0.3 is 10.1 Å². The molecule has 0 aliphatic carbocycles. The predicted octanol–water partition coefficient (Wildman–Crippen LogP) is 2.70. The summed E-state index contributed by atoms with van der Waals surface area (Å²) in [5.74, 6) is 0.700. The van der Waals surface area contributed by atoms with Gasteiger partial charge in [-0.2, -0.15) is 11.3 Å². The highest BCUT2D eigenvalue weighted by Crippen LogP contribution is 2.20. The van der Waals surface area contributed by atoms with Gasteiger partial charge in [-0.05, 0) is 48.2 Å². The second-order valence-corrected chi connectivity index (χ2v) is 5.30. The Kier molecular flexibility index (Phi) is 4.82. The van der Waals surface area contributed by atoms with Gasteiger partial charge in [0.25, 0.3) is 0 Å². The van der Waals surface area contributed by atoms with Crippen LogP contribution >= 0.6 is 11.3 Å². The molecule has 1 aromatic rings. The van der Waals surface area contributed by atoms with E-state index in [0.717, 1.165) is 26.2 Å².